The van der Waals surface area contributed by atoms with Crippen LogP contribution < -0.4 is 5.32 Å². The van der Waals surface area contributed by atoms with Crippen LogP contribution in [0, 0.1) is 11.8 Å². The van der Waals surface area contributed by atoms with Crippen LogP contribution in [0.5, 0.6) is 0 Å². The second-order valence-corrected chi connectivity index (χ2v) is 7.14. The normalized spacial score (nSPS) is 23.2. The molecule has 1 saturated heterocycles. The Morgan fingerprint density at radius 3 is 2.67 bits per heavy atom. The topological polar surface area (TPSA) is 72.8 Å². The minimum absolute atomic E-state index is 0.0605. The Morgan fingerprint density at radius 2 is 2.04 bits per heavy atom. The number of hydrogen-bond donors (Lipinski definition) is 3. The number of piperidine rings is 1. The molecule has 1 amide bonds. The predicted molar refractivity (Wildman–Crippen MR) is 94.3 cm³/mol. The van der Waals surface area contributed by atoms with E-state index < -0.39 is 6.10 Å². The first-order valence-electron chi connectivity index (χ1n) is 8.84. The molecule has 5 nitrogen and oxygen atoms in total. The van der Waals surface area contributed by atoms with Gasteiger partial charge in [0.15, 0.2) is 0 Å². The Kier molecular flexibility index (Phi) is 7.21. The maximum Gasteiger partial charge on any atom is 0.222 e. The van der Waals surface area contributed by atoms with Gasteiger partial charge in [-0.1, -0.05) is 44.2 Å². The van der Waals surface area contributed by atoms with Crippen molar-refractivity contribution in [2.75, 3.05) is 19.7 Å². The molecule has 0 radical (unpaired) electrons. The second-order valence-electron chi connectivity index (χ2n) is 7.14. The number of hydrogen-bond acceptors (Lipinski definition) is 4. The largest absolute Gasteiger partial charge is 0.396 e. The molecule has 1 aromatic rings. The summed E-state index contributed by atoms with van der Waals surface area (Å²) in [6, 6.07) is 10.2. The van der Waals surface area contributed by atoms with Gasteiger partial charge in [0.25, 0.3) is 0 Å². The molecule has 0 bridgehead atoms. The summed E-state index contributed by atoms with van der Waals surface area (Å²) in [6.07, 6.45) is 0.355. The van der Waals surface area contributed by atoms with Gasteiger partial charge in [0.05, 0.1) is 12.5 Å². The molecule has 1 heterocycles. The molecule has 0 spiro atoms. The van der Waals surface area contributed by atoms with E-state index >= 15 is 0 Å². The molecule has 3 N–H and O–H groups in total. The van der Waals surface area contributed by atoms with Crippen molar-refractivity contribution in [2.45, 2.75) is 45.4 Å². The first kappa shape index (κ1) is 18.9. The minimum Gasteiger partial charge on any atom is -0.396 e. The van der Waals surface area contributed by atoms with Gasteiger partial charge in [-0.15, -0.1) is 0 Å². The van der Waals surface area contributed by atoms with Gasteiger partial charge in [-0.25, -0.2) is 0 Å². The van der Waals surface area contributed by atoms with E-state index in [0.29, 0.717) is 0 Å². The Bertz CT molecular complexity index is 507. The monoisotopic (exact) mass is 334 g/mol. The Labute approximate surface area is 144 Å². The van der Waals surface area contributed by atoms with Gasteiger partial charge in [0, 0.05) is 31.7 Å². The molecule has 24 heavy (non-hydrogen) atoms. The molecule has 0 aliphatic carbocycles. The number of nitrogens with one attached hydrogen (secondary N) is 1. The van der Waals surface area contributed by atoms with E-state index in [2.05, 4.69) is 22.3 Å². The van der Waals surface area contributed by atoms with Gasteiger partial charge in [0.1, 0.15) is 0 Å². The van der Waals surface area contributed by atoms with E-state index in [9.17, 15) is 15.0 Å². The third-order valence-corrected chi connectivity index (χ3v) is 4.83. The van der Waals surface area contributed by atoms with Crippen LogP contribution in [0.2, 0.25) is 0 Å². The predicted octanol–water partition coefficient (Wildman–Crippen LogP) is 1.39. The summed E-state index contributed by atoms with van der Waals surface area (Å²) in [5.41, 5.74) is 1.25. The fourth-order valence-electron chi connectivity index (χ4n) is 3.13. The quantitative estimate of drug-likeness (QED) is 0.705. The van der Waals surface area contributed by atoms with E-state index in [-0.39, 0.29) is 36.8 Å². The molecule has 1 aromatic carbocycles. The Balaban J connectivity index is 1.91. The lowest BCUT2D eigenvalue weighted by Crippen LogP contribution is -2.53. The average molecular weight is 334 g/mol. The van der Waals surface area contributed by atoms with E-state index in [4.69, 9.17) is 0 Å². The first-order chi connectivity index (χ1) is 11.5. The highest BCUT2D eigenvalue weighted by atomic mass is 16.3. The van der Waals surface area contributed by atoms with Crippen LogP contribution >= 0.6 is 0 Å². The van der Waals surface area contributed by atoms with Crippen molar-refractivity contribution in [2.24, 2.45) is 11.8 Å². The SMILES string of the molecule is CC(C)C(O)CC(=O)NC1CN(Cc2ccccc2)CCC1CO. The summed E-state index contributed by atoms with van der Waals surface area (Å²) in [4.78, 5) is 14.5. The second kappa shape index (κ2) is 9.16. The average Bonchev–Trinajstić information content (AvgIpc) is 2.56. The third kappa shape index (κ3) is 5.58. The van der Waals surface area contributed by atoms with Gasteiger partial charge >= 0.3 is 0 Å². The zero-order chi connectivity index (χ0) is 17.5. The highest BCUT2D eigenvalue weighted by molar-refractivity contribution is 5.76. The van der Waals surface area contributed by atoms with Crippen molar-refractivity contribution in [3.8, 4) is 0 Å². The summed E-state index contributed by atoms with van der Waals surface area (Å²) in [6.45, 7) is 6.37. The fourth-order valence-corrected chi connectivity index (χ4v) is 3.13. The smallest absolute Gasteiger partial charge is 0.222 e. The van der Waals surface area contributed by atoms with E-state index in [1.807, 2.05) is 32.0 Å². The first-order valence-corrected chi connectivity index (χ1v) is 8.84. The van der Waals surface area contributed by atoms with Crippen LogP contribution in [0.3, 0.4) is 0 Å². The molecule has 1 fully saturated rings. The molecule has 3 unspecified atom stereocenters. The molecule has 2 rings (SSSR count). The van der Waals surface area contributed by atoms with Crippen LogP contribution in [0.25, 0.3) is 0 Å². The van der Waals surface area contributed by atoms with E-state index in [0.717, 1.165) is 26.1 Å². The lowest BCUT2D eigenvalue weighted by molar-refractivity contribution is -0.125. The van der Waals surface area contributed by atoms with E-state index in [1.165, 1.54) is 5.56 Å². The third-order valence-electron chi connectivity index (χ3n) is 4.83. The van der Waals surface area contributed by atoms with Crippen LogP contribution in [-0.2, 0) is 11.3 Å². The van der Waals surface area contributed by atoms with Gasteiger partial charge in [-0.2, -0.15) is 0 Å². The fraction of sp³-hybridized carbons (Fsp3) is 0.632. The summed E-state index contributed by atoms with van der Waals surface area (Å²) < 4.78 is 0. The maximum atomic E-state index is 12.2. The van der Waals surface area contributed by atoms with Crippen molar-refractivity contribution in [1.82, 2.24) is 10.2 Å². The Hall–Kier alpha value is -1.43. The maximum absolute atomic E-state index is 12.2. The number of benzene rings is 1. The highest BCUT2D eigenvalue weighted by Gasteiger charge is 2.30. The van der Waals surface area contributed by atoms with Gasteiger partial charge < -0.3 is 15.5 Å². The standard InChI is InChI=1S/C19H30N2O3/c1-14(2)18(23)10-19(24)20-17-12-21(9-8-16(17)13-22)11-15-6-4-3-5-7-15/h3-7,14,16-18,22-23H,8-13H2,1-2H3,(H,20,24). The summed E-state index contributed by atoms with van der Waals surface area (Å²) >= 11 is 0. The zero-order valence-corrected chi connectivity index (χ0v) is 14.7. The number of nitrogens with zero attached hydrogens (tertiary/aromatic N) is 1. The molecule has 134 valence electrons. The van der Waals surface area contributed by atoms with Crippen molar-refractivity contribution in [3.63, 3.8) is 0 Å². The number of amides is 1. The number of carbonyl (C=O) groups excluding carboxylic acids is 1. The number of rotatable bonds is 7. The molecule has 3 atom stereocenters. The lowest BCUT2D eigenvalue weighted by atomic mass is 9.91. The molecular formula is C19H30N2O3. The molecule has 0 aromatic heterocycles. The molecular weight excluding hydrogens is 304 g/mol. The number of aliphatic hydroxyl groups excluding tert-OH is 2. The molecule has 1 aliphatic rings. The molecule has 0 saturated carbocycles. The number of likely N-dealkylation sites (tertiary alicyclic amines) is 1. The Morgan fingerprint density at radius 1 is 1.33 bits per heavy atom. The summed E-state index contributed by atoms with van der Waals surface area (Å²) in [5.74, 6) is 0.00343. The van der Waals surface area contributed by atoms with Crippen LogP contribution in [0.4, 0.5) is 0 Å². The van der Waals surface area contributed by atoms with Crippen LogP contribution in [0.15, 0.2) is 30.3 Å². The van der Waals surface area contributed by atoms with Gasteiger partial charge in [-0.05, 0) is 24.4 Å². The van der Waals surface area contributed by atoms with Crippen molar-refractivity contribution in [3.05, 3.63) is 35.9 Å². The van der Waals surface area contributed by atoms with Crippen LogP contribution in [0.1, 0.15) is 32.3 Å². The number of aliphatic hydroxyl groups is 2. The number of carbonyl (C=O) groups is 1. The summed E-state index contributed by atoms with van der Waals surface area (Å²) in [7, 11) is 0. The summed E-state index contributed by atoms with van der Waals surface area (Å²) in [5, 5.41) is 22.5. The van der Waals surface area contributed by atoms with Gasteiger partial charge in [-0.3, -0.25) is 9.69 Å². The van der Waals surface area contributed by atoms with Crippen molar-refractivity contribution < 1.29 is 15.0 Å². The lowest BCUT2D eigenvalue weighted by Gasteiger charge is -2.38. The highest BCUT2D eigenvalue weighted by Crippen LogP contribution is 2.20. The molecule has 5 heteroatoms. The van der Waals surface area contributed by atoms with E-state index in [1.54, 1.807) is 0 Å². The van der Waals surface area contributed by atoms with Crippen molar-refractivity contribution >= 4 is 5.91 Å². The minimum atomic E-state index is -0.624. The van der Waals surface area contributed by atoms with Gasteiger partial charge in [0.2, 0.25) is 5.91 Å². The van der Waals surface area contributed by atoms with Crippen molar-refractivity contribution in [1.29, 1.82) is 0 Å². The van der Waals surface area contributed by atoms with Crippen LogP contribution in [-0.4, -0.2) is 52.9 Å². The molecule has 1 aliphatic heterocycles. The zero-order valence-electron chi connectivity index (χ0n) is 14.7.